The monoisotopic (exact) mass is 207 g/mol. The van der Waals surface area contributed by atoms with Gasteiger partial charge in [-0.05, 0) is 25.0 Å². The lowest BCUT2D eigenvalue weighted by Crippen LogP contribution is -2.21. The smallest absolute Gasteiger partial charge is 0.124 e. The normalized spacial score (nSPS) is 23.7. The average Bonchev–Trinajstić information content (AvgIpc) is 2.52. The molecule has 0 radical (unpaired) electrons. The van der Waals surface area contributed by atoms with Crippen molar-refractivity contribution in [1.29, 1.82) is 0 Å². The molecule has 0 amide bonds. The number of hydrogen-bond donors (Lipinski definition) is 1. The summed E-state index contributed by atoms with van der Waals surface area (Å²) in [5, 5.41) is 0. The van der Waals surface area contributed by atoms with Gasteiger partial charge in [-0.15, -0.1) is 0 Å². The molecule has 0 saturated heterocycles. The van der Waals surface area contributed by atoms with Gasteiger partial charge in [-0.1, -0.05) is 12.1 Å². The van der Waals surface area contributed by atoms with Crippen molar-refractivity contribution in [3.63, 3.8) is 0 Å². The van der Waals surface area contributed by atoms with Crippen LogP contribution in [0.4, 0.5) is 0 Å². The van der Waals surface area contributed by atoms with Gasteiger partial charge in [0.15, 0.2) is 0 Å². The minimum Gasteiger partial charge on any atom is -0.488 e. The SMILES string of the molecule is COCCc1ccc2c(c1)C(N)C(C)O2. The molecule has 3 nitrogen and oxygen atoms in total. The summed E-state index contributed by atoms with van der Waals surface area (Å²) in [5.74, 6) is 0.927. The molecule has 1 aliphatic heterocycles. The van der Waals surface area contributed by atoms with E-state index < -0.39 is 0 Å². The third-order valence-corrected chi connectivity index (χ3v) is 2.85. The second-order valence-electron chi connectivity index (χ2n) is 3.96. The predicted octanol–water partition coefficient (Wildman–Crippen LogP) is 1.66. The van der Waals surface area contributed by atoms with E-state index in [0.717, 1.165) is 24.3 Å². The first-order valence-electron chi connectivity index (χ1n) is 5.26. The summed E-state index contributed by atoms with van der Waals surface area (Å²) < 4.78 is 10.7. The number of ether oxygens (including phenoxy) is 2. The molecule has 2 N–H and O–H groups in total. The maximum absolute atomic E-state index is 6.03. The Bertz CT molecular complexity index is 351. The minimum absolute atomic E-state index is 0.00231. The van der Waals surface area contributed by atoms with Gasteiger partial charge >= 0.3 is 0 Å². The van der Waals surface area contributed by atoms with Gasteiger partial charge in [-0.3, -0.25) is 0 Å². The van der Waals surface area contributed by atoms with Gasteiger partial charge in [0.25, 0.3) is 0 Å². The van der Waals surface area contributed by atoms with Crippen LogP contribution in [0.3, 0.4) is 0 Å². The van der Waals surface area contributed by atoms with Crippen LogP contribution in [-0.4, -0.2) is 19.8 Å². The Labute approximate surface area is 90.2 Å². The molecule has 1 aromatic rings. The molecule has 1 aliphatic rings. The molecule has 0 fully saturated rings. The van der Waals surface area contributed by atoms with Crippen molar-refractivity contribution in [3.8, 4) is 5.75 Å². The van der Waals surface area contributed by atoms with Crippen molar-refractivity contribution >= 4 is 0 Å². The molecule has 0 bridgehead atoms. The third-order valence-electron chi connectivity index (χ3n) is 2.85. The summed E-state index contributed by atoms with van der Waals surface area (Å²) in [5.41, 5.74) is 8.41. The first-order chi connectivity index (χ1) is 7.22. The molecule has 0 spiro atoms. The van der Waals surface area contributed by atoms with Crippen LogP contribution in [0.2, 0.25) is 0 Å². The molecule has 1 heterocycles. The zero-order chi connectivity index (χ0) is 10.8. The van der Waals surface area contributed by atoms with Crippen molar-refractivity contribution in [2.45, 2.75) is 25.5 Å². The van der Waals surface area contributed by atoms with Crippen LogP contribution < -0.4 is 10.5 Å². The summed E-state index contributed by atoms with van der Waals surface area (Å²) >= 11 is 0. The van der Waals surface area contributed by atoms with Gasteiger partial charge in [0, 0.05) is 12.7 Å². The quantitative estimate of drug-likeness (QED) is 0.819. The van der Waals surface area contributed by atoms with Crippen LogP contribution in [0.5, 0.6) is 5.75 Å². The molecule has 0 saturated carbocycles. The van der Waals surface area contributed by atoms with Gasteiger partial charge in [-0.25, -0.2) is 0 Å². The summed E-state index contributed by atoms with van der Waals surface area (Å²) in [6.45, 7) is 2.74. The van der Waals surface area contributed by atoms with Crippen LogP contribution in [0.25, 0.3) is 0 Å². The first-order valence-corrected chi connectivity index (χ1v) is 5.26. The highest BCUT2D eigenvalue weighted by atomic mass is 16.5. The Kier molecular flexibility index (Phi) is 2.93. The van der Waals surface area contributed by atoms with E-state index in [-0.39, 0.29) is 12.1 Å². The molecule has 15 heavy (non-hydrogen) atoms. The summed E-state index contributed by atoms with van der Waals surface area (Å²) in [6, 6.07) is 6.21. The lowest BCUT2D eigenvalue weighted by molar-refractivity contribution is 0.202. The van der Waals surface area contributed by atoms with Crippen LogP contribution >= 0.6 is 0 Å². The standard InChI is InChI=1S/C12H17NO2/c1-8-12(13)10-7-9(5-6-14-2)3-4-11(10)15-8/h3-4,7-8,12H,5-6,13H2,1-2H3. The van der Waals surface area contributed by atoms with Crippen molar-refractivity contribution in [2.75, 3.05) is 13.7 Å². The molecule has 2 rings (SSSR count). The van der Waals surface area contributed by atoms with Crippen LogP contribution in [0, 0.1) is 0 Å². The Balaban J connectivity index is 2.20. The average molecular weight is 207 g/mol. The highest BCUT2D eigenvalue weighted by molar-refractivity contribution is 5.43. The molecule has 1 aromatic carbocycles. The van der Waals surface area contributed by atoms with E-state index in [1.165, 1.54) is 5.56 Å². The van der Waals surface area contributed by atoms with Gasteiger partial charge in [0.2, 0.25) is 0 Å². The van der Waals surface area contributed by atoms with E-state index in [1.807, 2.05) is 13.0 Å². The van der Waals surface area contributed by atoms with E-state index in [1.54, 1.807) is 7.11 Å². The lowest BCUT2D eigenvalue weighted by atomic mass is 10.0. The predicted molar refractivity (Wildman–Crippen MR) is 59.0 cm³/mol. The van der Waals surface area contributed by atoms with E-state index in [9.17, 15) is 0 Å². The van der Waals surface area contributed by atoms with Crippen LogP contribution in [-0.2, 0) is 11.2 Å². The van der Waals surface area contributed by atoms with Crippen LogP contribution in [0.1, 0.15) is 24.1 Å². The van der Waals surface area contributed by atoms with Gasteiger partial charge in [0.05, 0.1) is 12.6 Å². The molecule has 0 aliphatic carbocycles. The largest absolute Gasteiger partial charge is 0.488 e. The fourth-order valence-corrected chi connectivity index (χ4v) is 1.87. The number of methoxy groups -OCH3 is 1. The molecular weight excluding hydrogens is 190 g/mol. The highest BCUT2D eigenvalue weighted by Gasteiger charge is 2.27. The number of rotatable bonds is 3. The van der Waals surface area contributed by atoms with Crippen molar-refractivity contribution in [2.24, 2.45) is 5.73 Å². The molecular formula is C12H17NO2. The first kappa shape index (κ1) is 10.5. The molecule has 2 atom stereocenters. The Hall–Kier alpha value is -1.06. The van der Waals surface area contributed by atoms with Gasteiger partial charge in [0.1, 0.15) is 11.9 Å². The highest BCUT2D eigenvalue weighted by Crippen LogP contribution is 2.35. The second kappa shape index (κ2) is 4.21. The zero-order valence-electron chi connectivity index (χ0n) is 9.19. The number of fused-ring (bicyclic) bond motifs is 1. The summed E-state index contributed by atoms with van der Waals surface area (Å²) in [4.78, 5) is 0. The Morgan fingerprint density at radius 2 is 2.27 bits per heavy atom. The zero-order valence-corrected chi connectivity index (χ0v) is 9.19. The lowest BCUT2D eigenvalue weighted by Gasteiger charge is -2.07. The minimum atomic E-state index is 0.00231. The summed E-state index contributed by atoms with van der Waals surface area (Å²) in [7, 11) is 1.71. The van der Waals surface area contributed by atoms with E-state index in [0.29, 0.717) is 0 Å². The summed E-state index contributed by atoms with van der Waals surface area (Å²) in [6.07, 6.45) is 1.00. The Morgan fingerprint density at radius 3 is 3.00 bits per heavy atom. The van der Waals surface area contributed by atoms with Crippen molar-refractivity contribution in [3.05, 3.63) is 29.3 Å². The van der Waals surface area contributed by atoms with Gasteiger partial charge in [-0.2, -0.15) is 0 Å². The van der Waals surface area contributed by atoms with Crippen molar-refractivity contribution in [1.82, 2.24) is 0 Å². The third kappa shape index (κ3) is 1.98. The number of hydrogen-bond acceptors (Lipinski definition) is 3. The maximum Gasteiger partial charge on any atom is 0.124 e. The van der Waals surface area contributed by atoms with E-state index in [2.05, 4.69) is 12.1 Å². The molecule has 2 unspecified atom stereocenters. The molecule has 82 valence electrons. The number of nitrogens with two attached hydrogens (primary N) is 1. The van der Waals surface area contributed by atoms with Crippen LogP contribution in [0.15, 0.2) is 18.2 Å². The second-order valence-corrected chi connectivity index (χ2v) is 3.96. The van der Waals surface area contributed by atoms with Crippen molar-refractivity contribution < 1.29 is 9.47 Å². The van der Waals surface area contributed by atoms with E-state index in [4.69, 9.17) is 15.2 Å². The van der Waals surface area contributed by atoms with Gasteiger partial charge < -0.3 is 15.2 Å². The fraction of sp³-hybridized carbons (Fsp3) is 0.500. The fourth-order valence-electron chi connectivity index (χ4n) is 1.87. The Morgan fingerprint density at radius 1 is 1.47 bits per heavy atom. The molecule has 0 aromatic heterocycles. The maximum atomic E-state index is 6.03. The topological polar surface area (TPSA) is 44.5 Å². The van der Waals surface area contributed by atoms with E-state index >= 15 is 0 Å². The number of benzene rings is 1. The molecule has 3 heteroatoms.